The summed E-state index contributed by atoms with van der Waals surface area (Å²) in [5.41, 5.74) is 9.19. The van der Waals surface area contributed by atoms with Gasteiger partial charge in [0.25, 0.3) is 0 Å². The minimum Gasteiger partial charge on any atom is -0.382 e. The minimum absolute atomic E-state index is 0.157. The van der Waals surface area contributed by atoms with Crippen LogP contribution in [0.15, 0.2) is 24.3 Å². The van der Waals surface area contributed by atoms with Gasteiger partial charge in [0.2, 0.25) is 0 Å². The first kappa shape index (κ1) is 12.6. The molecule has 0 saturated carbocycles. The Morgan fingerprint density at radius 2 is 2.18 bits per heavy atom. The second-order valence-electron chi connectivity index (χ2n) is 4.94. The second kappa shape index (κ2) is 5.65. The lowest BCUT2D eigenvalue weighted by Gasteiger charge is -2.38. The third kappa shape index (κ3) is 2.53. The molecule has 0 aromatic heterocycles. The van der Waals surface area contributed by atoms with E-state index in [0.29, 0.717) is 0 Å². The van der Waals surface area contributed by atoms with Crippen molar-refractivity contribution in [1.29, 1.82) is 0 Å². The van der Waals surface area contributed by atoms with Crippen molar-refractivity contribution in [3.8, 4) is 0 Å². The van der Waals surface area contributed by atoms with Crippen LogP contribution in [0.5, 0.6) is 0 Å². The summed E-state index contributed by atoms with van der Waals surface area (Å²) >= 11 is 0. The summed E-state index contributed by atoms with van der Waals surface area (Å²) in [6.45, 7) is 4.39. The van der Waals surface area contributed by atoms with E-state index in [0.717, 1.165) is 26.2 Å². The van der Waals surface area contributed by atoms with E-state index in [4.69, 9.17) is 10.5 Å². The highest BCUT2D eigenvalue weighted by Gasteiger charge is 2.34. The predicted molar refractivity (Wildman–Crippen MR) is 71.2 cm³/mol. The summed E-state index contributed by atoms with van der Waals surface area (Å²) in [5, 5.41) is 0. The highest BCUT2D eigenvalue weighted by molar-refractivity contribution is 5.37. The van der Waals surface area contributed by atoms with E-state index in [1.165, 1.54) is 30.4 Å². The molecule has 1 aliphatic carbocycles. The van der Waals surface area contributed by atoms with Crippen LogP contribution in [0.2, 0.25) is 0 Å². The normalized spacial score (nSPS) is 23.4. The van der Waals surface area contributed by atoms with Gasteiger partial charge >= 0.3 is 0 Å². The Morgan fingerprint density at radius 3 is 2.94 bits per heavy atom. The van der Waals surface area contributed by atoms with Crippen molar-refractivity contribution >= 4 is 0 Å². The van der Waals surface area contributed by atoms with E-state index in [1.807, 2.05) is 6.92 Å². The van der Waals surface area contributed by atoms with Crippen molar-refractivity contribution in [2.45, 2.75) is 38.0 Å². The van der Waals surface area contributed by atoms with Crippen LogP contribution in [0.1, 0.15) is 37.3 Å². The van der Waals surface area contributed by atoms with Gasteiger partial charge in [0.1, 0.15) is 0 Å². The molecule has 0 spiro atoms. The number of rotatable bonds is 5. The van der Waals surface area contributed by atoms with Crippen LogP contribution >= 0.6 is 0 Å². The van der Waals surface area contributed by atoms with Crippen molar-refractivity contribution in [3.63, 3.8) is 0 Å². The van der Waals surface area contributed by atoms with Crippen LogP contribution in [0.25, 0.3) is 0 Å². The summed E-state index contributed by atoms with van der Waals surface area (Å²) in [4.78, 5) is 0. The Kier molecular flexibility index (Phi) is 4.19. The number of nitrogens with two attached hydrogens (primary N) is 1. The fraction of sp³-hybridized carbons (Fsp3) is 0.600. The Labute approximate surface area is 104 Å². The van der Waals surface area contributed by atoms with Gasteiger partial charge in [0, 0.05) is 25.2 Å². The molecule has 94 valence electrons. The maximum atomic E-state index is 6.08. The van der Waals surface area contributed by atoms with Crippen molar-refractivity contribution in [3.05, 3.63) is 35.4 Å². The molecule has 1 atom stereocenters. The number of aryl methyl sites for hydroxylation is 1. The van der Waals surface area contributed by atoms with Crippen LogP contribution in [0.4, 0.5) is 0 Å². The standard InChI is InChI=1S/C15H23NO/c1-2-17-11-10-15(12-16)9-5-7-13-6-3-4-8-14(13)15/h3-4,6,8H,2,5,7,9-12,16H2,1H3. The third-order valence-electron chi connectivity index (χ3n) is 4.01. The molecule has 0 bridgehead atoms. The molecule has 0 saturated heterocycles. The van der Waals surface area contributed by atoms with Crippen molar-refractivity contribution in [1.82, 2.24) is 0 Å². The Balaban J connectivity index is 2.22. The van der Waals surface area contributed by atoms with Gasteiger partial charge in [-0.25, -0.2) is 0 Å². The lowest BCUT2D eigenvalue weighted by molar-refractivity contribution is 0.121. The average molecular weight is 233 g/mol. The van der Waals surface area contributed by atoms with Gasteiger partial charge in [-0.05, 0) is 43.7 Å². The fourth-order valence-electron chi connectivity index (χ4n) is 2.99. The smallest absolute Gasteiger partial charge is 0.0474 e. The predicted octanol–water partition coefficient (Wildman–Crippen LogP) is 2.65. The van der Waals surface area contributed by atoms with E-state index in [-0.39, 0.29) is 5.41 Å². The molecule has 0 aliphatic heterocycles. The maximum Gasteiger partial charge on any atom is 0.0474 e. The molecule has 0 heterocycles. The summed E-state index contributed by atoms with van der Waals surface area (Å²) in [5.74, 6) is 0. The molecule has 2 heteroatoms. The Hall–Kier alpha value is -0.860. The molecule has 17 heavy (non-hydrogen) atoms. The number of hydrogen-bond acceptors (Lipinski definition) is 2. The zero-order chi connectivity index (χ0) is 12.1. The zero-order valence-corrected chi connectivity index (χ0v) is 10.7. The lowest BCUT2D eigenvalue weighted by Crippen LogP contribution is -2.39. The second-order valence-corrected chi connectivity index (χ2v) is 4.94. The molecule has 0 radical (unpaired) electrons. The third-order valence-corrected chi connectivity index (χ3v) is 4.01. The van der Waals surface area contributed by atoms with E-state index in [9.17, 15) is 0 Å². The first-order valence-electron chi connectivity index (χ1n) is 6.68. The van der Waals surface area contributed by atoms with Gasteiger partial charge in [-0.2, -0.15) is 0 Å². The van der Waals surface area contributed by atoms with Crippen LogP contribution in [0, 0.1) is 0 Å². The minimum atomic E-state index is 0.157. The topological polar surface area (TPSA) is 35.2 Å². The Morgan fingerprint density at radius 1 is 1.35 bits per heavy atom. The molecule has 1 unspecified atom stereocenters. The van der Waals surface area contributed by atoms with Gasteiger partial charge < -0.3 is 10.5 Å². The summed E-state index contributed by atoms with van der Waals surface area (Å²) in [6, 6.07) is 8.77. The zero-order valence-electron chi connectivity index (χ0n) is 10.7. The number of ether oxygens (including phenoxy) is 1. The summed E-state index contributed by atoms with van der Waals surface area (Å²) in [6.07, 6.45) is 4.70. The molecule has 2 rings (SSSR count). The molecule has 1 aromatic rings. The van der Waals surface area contributed by atoms with Crippen LogP contribution < -0.4 is 5.73 Å². The Bertz CT molecular complexity index is 364. The van der Waals surface area contributed by atoms with Crippen LogP contribution in [0.3, 0.4) is 0 Å². The molecule has 1 aromatic carbocycles. The van der Waals surface area contributed by atoms with Gasteiger partial charge in [0.15, 0.2) is 0 Å². The monoisotopic (exact) mass is 233 g/mol. The number of hydrogen-bond donors (Lipinski definition) is 1. The first-order valence-corrected chi connectivity index (χ1v) is 6.68. The molecule has 2 nitrogen and oxygen atoms in total. The van der Waals surface area contributed by atoms with Crippen molar-refractivity contribution in [2.24, 2.45) is 5.73 Å². The lowest BCUT2D eigenvalue weighted by atomic mass is 9.68. The highest BCUT2D eigenvalue weighted by atomic mass is 16.5. The largest absolute Gasteiger partial charge is 0.382 e. The fourth-order valence-corrected chi connectivity index (χ4v) is 2.99. The van der Waals surface area contributed by atoms with Crippen molar-refractivity contribution < 1.29 is 4.74 Å². The van der Waals surface area contributed by atoms with Crippen LogP contribution in [-0.4, -0.2) is 19.8 Å². The van der Waals surface area contributed by atoms with Gasteiger partial charge in [0.05, 0.1) is 0 Å². The van der Waals surface area contributed by atoms with E-state index in [1.54, 1.807) is 0 Å². The molecular formula is C15H23NO. The highest BCUT2D eigenvalue weighted by Crippen LogP contribution is 2.39. The van der Waals surface area contributed by atoms with Crippen LogP contribution in [-0.2, 0) is 16.6 Å². The summed E-state index contributed by atoms with van der Waals surface area (Å²) in [7, 11) is 0. The molecule has 1 aliphatic rings. The molecule has 0 amide bonds. The molecule has 2 N–H and O–H groups in total. The molecular weight excluding hydrogens is 210 g/mol. The van der Waals surface area contributed by atoms with E-state index < -0.39 is 0 Å². The maximum absolute atomic E-state index is 6.08. The summed E-state index contributed by atoms with van der Waals surface area (Å²) < 4.78 is 5.52. The molecule has 0 fully saturated rings. The SMILES string of the molecule is CCOCCC1(CN)CCCc2ccccc21. The van der Waals surface area contributed by atoms with Gasteiger partial charge in [-0.3, -0.25) is 0 Å². The van der Waals surface area contributed by atoms with E-state index >= 15 is 0 Å². The quantitative estimate of drug-likeness (QED) is 0.794. The van der Waals surface area contributed by atoms with E-state index in [2.05, 4.69) is 24.3 Å². The van der Waals surface area contributed by atoms with Crippen molar-refractivity contribution in [2.75, 3.05) is 19.8 Å². The van der Waals surface area contributed by atoms with Gasteiger partial charge in [-0.1, -0.05) is 24.3 Å². The first-order chi connectivity index (χ1) is 8.32. The average Bonchev–Trinajstić information content (AvgIpc) is 2.39. The van der Waals surface area contributed by atoms with Gasteiger partial charge in [-0.15, -0.1) is 0 Å². The number of fused-ring (bicyclic) bond motifs is 1. The number of benzene rings is 1.